The van der Waals surface area contributed by atoms with E-state index in [1.807, 2.05) is 6.07 Å². The van der Waals surface area contributed by atoms with Gasteiger partial charge in [0.1, 0.15) is 0 Å². The minimum absolute atomic E-state index is 1.11. The molecule has 0 unspecified atom stereocenters. The summed E-state index contributed by atoms with van der Waals surface area (Å²) in [5.74, 6) is 0. The van der Waals surface area contributed by atoms with Crippen LogP contribution in [0.3, 0.4) is 0 Å². The Morgan fingerprint density at radius 3 is 3.00 bits per heavy atom. The minimum Gasteiger partial charge on any atom is -0.385 e. The van der Waals surface area contributed by atoms with E-state index in [9.17, 15) is 0 Å². The summed E-state index contributed by atoms with van der Waals surface area (Å²) >= 11 is 0. The molecule has 2 nitrogen and oxygen atoms in total. The lowest BCUT2D eigenvalue weighted by Crippen LogP contribution is -2.24. The van der Waals surface area contributed by atoms with Crippen LogP contribution in [-0.4, -0.2) is 13.1 Å². The number of anilines is 3. The van der Waals surface area contributed by atoms with Gasteiger partial charge in [-0.05, 0) is 67.1 Å². The zero-order valence-corrected chi connectivity index (χ0v) is 11.7. The fourth-order valence-electron chi connectivity index (χ4n) is 3.36. The van der Waals surface area contributed by atoms with Crippen molar-refractivity contribution in [2.45, 2.75) is 25.7 Å². The Labute approximate surface area is 120 Å². The third-order valence-corrected chi connectivity index (χ3v) is 4.39. The van der Waals surface area contributed by atoms with E-state index in [1.54, 1.807) is 0 Å². The molecule has 0 saturated carbocycles. The second kappa shape index (κ2) is 4.86. The van der Waals surface area contributed by atoms with Crippen molar-refractivity contribution in [3.8, 4) is 0 Å². The van der Waals surface area contributed by atoms with E-state index in [2.05, 4.69) is 46.6 Å². The lowest BCUT2D eigenvalue weighted by molar-refractivity contribution is 0.764. The molecule has 0 fully saturated rings. The summed E-state index contributed by atoms with van der Waals surface area (Å²) in [6, 6.07) is 16.5. The standard InChI is InChI=1S/C18H19N2/c1-2-8-18-14(5-1)7-4-12-20(18)16-9-10-17-15(13-16)6-3-11-19-17/h1,5,8-10,13,19H,3-4,6-7,11-12H2. The van der Waals surface area contributed by atoms with Crippen molar-refractivity contribution in [3.63, 3.8) is 0 Å². The lowest BCUT2D eigenvalue weighted by atomic mass is 9.99. The highest BCUT2D eigenvalue weighted by Crippen LogP contribution is 2.35. The van der Waals surface area contributed by atoms with Gasteiger partial charge in [-0.25, -0.2) is 0 Å². The smallest absolute Gasteiger partial charge is 0.0449 e. The van der Waals surface area contributed by atoms with Gasteiger partial charge in [-0.1, -0.05) is 12.1 Å². The topological polar surface area (TPSA) is 15.3 Å². The third kappa shape index (κ3) is 1.96. The normalized spacial score (nSPS) is 17.1. The van der Waals surface area contributed by atoms with Crippen LogP contribution in [0.4, 0.5) is 17.1 Å². The number of hydrogen-bond donors (Lipinski definition) is 1. The van der Waals surface area contributed by atoms with Crippen molar-refractivity contribution in [3.05, 3.63) is 53.6 Å². The fourth-order valence-corrected chi connectivity index (χ4v) is 3.36. The van der Waals surface area contributed by atoms with E-state index in [1.165, 1.54) is 53.9 Å². The molecule has 1 N–H and O–H groups in total. The Hall–Kier alpha value is -1.96. The largest absolute Gasteiger partial charge is 0.385 e. The average Bonchev–Trinajstić information content (AvgIpc) is 2.54. The molecule has 0 aliphatic carbocycles. The summed E-state index contributed by atoms with van der Waals surface area (Å²) in [5.41, 5.74) is 6.89. The molecule has 2 aliphatic rings. The van der Waals surface area contributed by atoms with Crippen LogP contribution in [-0.2, 0) is 12.8 Å². The molecular weight excluding hydrogens is 244 g/mol. The zero-order chi connectivity index (χ0) is 13.4. The summed E-state index contributed by atoms with van der Waals surface area (Å²) in [4.78, 5) is 2.45. The maximum atomic E-state index is 3.49. The monoisotopic (exact) mass is 263 g/mol. The number of benzene rings is 2. The van der Waals surface area contributed by atoms with E-state index in [-0.39, 0.29) is 0 Å². The number of fused-ring (bicyclic) bond motifs is 2. The molecule has 4 rings (SSSR count). The Bertz CT molecular complexity index is 633. The van der Waals surface area contributed by atoms with E-state index in [4.69, 9.17) is 0 Å². The first-order valence-electron chi connectivity index (χ1n) is 7.55. The van der Waals surface area contributed by atoms with Gasteiger partial charge in [-0.3, -0.25) is 0 Å². The van der Waals surface area contributed by atoms with Crippen LogP contribution in [0, 0.1) is 6.07 Å². The van der Waals surface area contributed by atoms with Gasteiger partial charge in [0.05, 0.1) is 0 Å². The van der Waals surface area contributed by atoms with Crippen LogP contribution >= 0.6 is 0 Å². The highest BCUT2D eigenvalue weighted by atomic mass is 15.1. The van der Waals surface area contributed by atoms with Crippen molar-refractivity contribution in [2.24, 2.45) is 0 Å². The predicted molar refractivity (Wildman–Crippen MR) is 83.9 cm³/mol. The lowest BCUT2D eigenvalue weighted by Gasteiger charge is -2.32. The first-order valence-corrected chi connectivity index (χ1v) is 7.55. The Kier molecular flexibility index (Phi) is 2.87. The molecule has 1 radical (unpaired) electrons. The number of hydrogen-bond acceptors (Lipinski definition) is 2. The van der Waals surface area contributed by atoms with Gasteiger partial charge in [0.2, 0.25) is 0 Å². The van der Waals surface area contributed by atoms with Crippen LogP contribution in [0.2, 0.25) is 0 Å². The van der Waals surface area contributed by atoms with E-state index in [0.717, 1.165) is 13.1 Å². The molecule has 2 aromatic rings. The molecule has 2 aromatic carbocycles. The summed E-state index contributed by atoms with van der Waals surface area (Å²) < 4.78 is 0. The molecule has 0 amide bonds. The van der Waals surface area contributed by atoms with Gasteiger partial charge in [-0.2, -0.15) is 0 Å². The summed E-state index contributed by atoms with van der Waals surface area (Å²) in [6.45, 7) is 2.21. The Morgan fingerprint density at radius 2 is 2.00 bits per heavy atom. The van der Waals surface area contributed by atoms with E-state index < -0.39 is 0 Å². The molecule has 0 bridgehead atoms. The SMILES string of the molecule is [c]1ccc2c(c1)N(c1ccc3c(c1)CCCN3)CCC2. The van der Waals surface area contributed by atoms with Crippen LogP contribution in [0.5, 0.6) is 0 Å². The van der Waals surface area contributed by atoms with E-state index in [0.29, 0.717) is 0 Å². The second-order valence-corrected chi connectivity index (χ2v) is 5.68. The van der Waals surface area contributed by atoms with Crippen LogP contribution < -0.4 is 10.2 Å². The van der Waals surface area contributed by atoms with Gasteiger partial charge in [0.15, 0.2) is 0 Å². The van der Waals surface area contributed by atoms with Crippen LogP contribution in [0.15, 0.2) is 36.4 Å². The Balaban J connectivity index is 1.75. The molecule has 2 heterocycles. The molecule has 0 saturated heterocycles. The molecule has 20 heavy (non-hydrogen) atoms. The molecule has 101 valence electrons. The van der Waals surface area contributed by atoms with Gasteiger partial charge in [0, 0.05) is 30.2 Å². The van der Waals surface area contributed by atoms with Crippen molar-refractivity contribution >= 4 is 17.1 Å². The summed E-state index contributed by atoms with van der Waals surface area (Å²) in [5, 5.41) is 3.49. The highest BCUT2D eigenvalue weighted by molar-refractivity contribution is 5.71. The van der Waals surface area contributed by atoms with Gasteiger partial charge in [-0.15, -0.1) is 0 Å². The molecule has 0 spiro atoms. The van der Waals surface area contributed by atoms with Crippen molar-refractivity contribution in [1.29, 1.82) is 0 Å². The predicted octanol–water partition coefficient (Wildman–Crippen LogP) is 3.93. The zero-order valence-electron chi connectivity index (χ0n) is 11.7. The molecule has 2 aliphatic heterocycles. The fraction of sp³-hybridized carbons (Fsp3) is 0.333. The quantitative estimate of drug-likeness (QED) is 0.838. The van der Waals surface area contributed by atoms with Crippen LogP contribution in [0.25, 0.3) is 0 Å². The second-order valence-electron chi connectivity index (χ2n) is 5.68. The highest BCUT2D eigenvalue weighted by Gasteiger charge is 2.19. The number of aryl methyl sites for hydroxylation is 2. The van der Waals surface area contributed by atoms with Crippen molar-refractivity contribution in [2.75, 3.05) is 23.3 Å². The van der Waals surface area contributed by atoms with Crippen molar-refractivity contribution < 1.29 is 0 Å². The minimum atomic E-state index is 1.11. The average molecular weight is 263 g/mol. The van der Waals surface area contributed by atoms with Crippen molar-refractivity contribution in [1.82, 2.24) is 0 Å². The number of rotatable bonds is 1. The first-order chi connectivity index (χ1) is 9.92. The van der Waals surface area contributed by atoms with E-state index >= 15 is 0 Å². The van der Waals surface area contributed by atoms with Crippen LogP contribution in [0.1, 0.15) is 24.0 Å². The van der Waals surface area contributed by atoms with Gasteiger partial charge < -0.3 is 10.2 Å². The summed E-state index contributed by atoms with van der Waals surface area (Å²) in [7, 11) is 0. The maximum absolute atomic E-state index is 3.49. The molecule has 2 heteroatoms. The number of nitrogens with zero attached hydrogens (tertiary/aromatic N) is 1. The first kappa shape index (κ1) is 11.8. The summed E-state index contributed by atoms with van der Waals surface area (Å²) in [6.07, 6.45) is 4.85. The molecule has 0 atom stereocenters. The molecular formula is C18H19N2. The Morgan fingerprint density at radius 1 is 1.05 bits per heavy atom. The third-order valence-electron chi connectivity index (χ3n) is 4.39. The van der Waals surface area contributed by atoms with Gasteiger partial charge in [0.25, 0.3) is 0 Å². The maximum Gasteiger partial charge on any atom is 0.0449 e. The molecule has 0 aromatic heterocycles. The number of nitrogens with one attached hydrogen (secondary N) is 1. The van der Waals surface area contributed by atoms with Gasteiger partial charge >= 0.3 is 0 Å².